The summed E-state index contributed by atoms with van der Waals surface area (Å²) in [6, 6.07) is 0. The van der Waals surface area contributed by atoms with Gasteiger partial charge in [0.25, 0.3) is 0 Å². The lowest BCUT2D eigenvalue weighted by Gasteiger charge is -2.34. The highest BCUT2D eigenvalue weighted by Gasteiger charge is 2.15. The molecule has 1 aliphatic heterocycles. The maximum absolute atomic E-state index is 9.48. The standard InChI is InChI=1S/C9H19N3O/c1-8(2)9(13)10-12-6-4-11(3)5-7-12/h9-10,13H,1,4-7H2,2-3H3. The first kappa shape index (κ1) is 10.7. The zero-order chi connectivity index (χ0) is 9.84. The van der Waals surface area contributed by atoms with E-state index in [0.717, 1.165) is 31.8 Å². The molecule has 4 nitrogen and oxygen atoms in total. The van der Waals surface area contributed by atoms with Crippen molar-refractivity contribution >= 4 is 0 Å². The number of nitrogens with zero attached hydrogens (tertiary/aromatic N) is 2. The molecule has 4 heteroatoms. The Morgan fingerprint density at radius 1 is 1.38 bits per heavy atom. The SMILES string of the molecule is C=C(C)C(O)NN1CCN(C)CC1. The molecule has 1 atom stereocenters. The number of likely N-dealkylation sites (N-methyl/N-ethyl adjacent to an activating group) is 1. The number of rotatable bonds is 3. The second-order valence-corrected chi connectivity index (χ2v) is 3.67. The number of aliphatic hydroxyl groups excluding tert-OH is 1. The van der Waals surface area contributed by atoms with E-state index in [1.165, 1.54) is 0 Å². The van der Waals surface area contributed by atoms with Crippen LogP contribution in [0.2, 0.25) is 0 Å². The van der Waals surface area contributed by atoms with Crippen molar-refractivity contribution in [3.63, 3.8) is 0 Å². The van der Waals surface area contributed by atoms with Crippen LogP contribution in [0.15, 0.2) is 12.2 Å². The van der Waals surface area contributed by atoms with E-state index < -0.39 is 6.23 Å². The minimum absolute atomic E-state index is 0.608. The maximum Gasteiger partial charge on any atom is 0.138 e. The molecule has 1 fully saturated rings. The normalized spacial score (nSPS) is 23.0. The molecule has 1 saturated heterocycles. The average Bonchev–Trinajstić information content (AvgIpc) is 2.08. The molecule has 13 heavy (non-hydrogen) atoms. The molecule has 0 bridgehead atoms. The molecule has 76 valence electrons. The van der Waals surface area contributed by atoms with Crippen LogP contribution in [0, 0.1) is 0 Å². The van der Waals surface area contributed by atoms with E-state index in [1.807, 2.05) is 11.9 Å². The Morgan fingerprint density at radius 2 is 1.92 bits per heavy atom. The zero-order valence-electron chi connectivity index (χ0n) is 8.45. The molecule has 0 aromatic carbocycles. The molecule has 1 heterocycles. The minimum Gasteiger partial charge on any atom is -0.373 e. The smallest absolute Gasteiger partial charge is 0.138 e. The number of aliphatic hydroxyl groups is 1. The van der Waals surface area contributed by atoms with Crippen LogP contribution in [-0.4, -0.2) is 54.5 Å². The third-order valence-electron chi connectivity index (χ3n) is 2.27. The van der Waals surface area contributed by atoms with Crippen molar-refractivity contribution in [2.45, 2.75) is 13.2 Å². The Kier molecular flexibility index (Phi) is 3.87. The van der Waals surface area contributed by atoms with Crippen LogP contribution < -0.4 is 5.43 Å². The fourth-order valence-corrected chi connectivity index (χ4v) is 1.22. The summed E-state index contributed by atoms with van der Waals surface area (Å²) >= 11 is 0. The third-order valence-corrected chi connectivity index (χ3v) is 2.27. The van der Waals surface area contributed by atoms with E-state index in [1.54, 1.807) is 0 Å². The van der Waals surface area contributed by atoms with Gasteiger partial charge in [-0.25, -0.2) is 10.4 Å². The van der Waals surface area contributed by atoms with Gasteiger partial charge >= 0.3 is 0 Å². The molecule has 2 N–H and O–H groups in total. The summed E-state index contributed by atoms with van der Waals surface area (Å²) in [7, 11) is 2.10. The monoisotopic (exact) mass is 185 g/mol. The molecule has 0 spiro atoms. The summed E-state index contributed by atoms with van der Waals surface area (Å²) in [6.07, 6.45) is -0.608. The van der Waals surface area contributed by atoms with Gasteiger partial charge in [-0.15, -0.1) is 0 Å². The van der Waals surface area contributed by atoms with Gasteiger partial charge in [0.1, 0.15) is 6.23 Å². The Bertz CT molecular complexity index is 176. The highest BCUT2D eigenvalue weighted by Crippen LogP contribution is 1.99. The lowest BCUT2D eigenvalue weighted by Crippen LogP contribution is -2.53. The lowest BCUT2D eigenvalue weighted by atomic mass is 10.3. The van der Waals surface area contributed by atoms with Crippen LogP contribution in [-0.2, 0) is 0 Å². The van der Waals surface area contributed by atoms with E-state index in [0.29, 0.717) is 0 Å². The van der Waals surface area contributed by atoms with Crippen molar-refractivity contribution in [2.75, 3.05) is 33.2 Å². The van der Waals surface area contributed by atoms with Gasteiger partial charge in [0.15, 0.2) is 0 Å². The molecular formula is C9H19N3O. The van der Waals surface area contributed by atoms with Crippen LogP contribution in [0.1, 0.15) is 6.92 Å². The Balaban J connectivity index is 2.26. The van der Waals surface area contributed by atoms with Gasteiger partial charge in [-0.1, -0.05) is 6.58 Å². The molecule has 0 aromatic heterocycles. The molecule has 1 unspecified atom stereocenters. The van der Waals surface area contributed by atoms with E-state index >= 15 is 0 Å². The topological polar surface area (TPSA) is 38.7 Å². The first-order chi connectivity index (χ1) is 6.09. The van der Waals surface area contributed by atoms with Gasteiger partial charge in [0, 0.05) is 26.2 Å². The number of nitrogens with one attached hydrogen (secondary N) is 1. The summed E-state index contributed by atoms with van der Waals surface area (Å²) in [5.74, 6) is 0. The molecule has 0 amide bonds. The largest absolute Gasteiger partial charge is 0.373 e. The minimum atomic E-state index is -0.608. The predicted octanol–water partition coefficient (Wildman–Crippen LogP) is -0.367. The molecule has 0 aromatic rings. The Hall–Kier alpha value is -0.420. The van der Waals surface area contributed by atoms with Crippen LogP contribution in [0.5, 0.6) is 0 Å². The predicted molar refractivity (Wildman–Crippen MR) is 53.0 cm³/mol. The van der Waals surface area contributed by atoms with Gasteiger partial charge in [-0.3, -0.25) is 0 Å². The van der Waals surface area contributed by atoms with E-state index in [2.05, 4.69) is 24.0 Å². The molecule has 0 aliphatic carbocycles. The van der Waals surface area contributed by atoms with Crippen LogP contribution in [0.4, 0.5) is 0 Å². The van der Waals surface area contributed by atoms with Crippen LogP contribution in [0.25, 0.3) is 0 Å². The van der Waals surface area contributed by atoms with Gasteiger partial charge in [-0.05, 0) is 19.5 Å². The fraction of sp³-hybridized carbons (Fsp3) is 0.778. The van der Waals surface area contributed by atoms with Crippen molar-refractivity contribution in [1.29, 1.82) is 0 Å². The van der Waals surface area contributed by atoms with Crippen molar-refractivity contribution < 1.29 is 5.11 Å². The van der Waals surface area contributed by atoms with Gasteiger partial charge < -0.3 is 10.0 Å². The quantitative estimate of drug-likeness (QED) is 0.465. The number of hydrazine groups is 1. The molecule has 0 radical (unpaired) electrons. The second-order valence-electron chi connectivity index (χ2n) is 3.67. The number of piperazine rings is 1. The van der Waals surface area contributed by atoms with E-state index in [9.17, 15) is 5.11 Å². The van der Waals surface area contributed by atoms with Crippen molar-refractivity contribution in [1.82, 2.24) is 15.3 Å². The van der Waals surface area contributed by atoms with Crippen LogP contribution in [0.3, 0.4) is 0 Å². The van der Waals surface area contributed by atoms with E-state index in [-0.39, 0.29) is 0 Å². The number of hydrogen-bond donors (Lipinski definition) is 2. The summed E-state index contributed by atoms with van der Waals surface area (Å²) < 4.78 is 0. The molecule has 1 aliphatic rings. The molecular weight excluding hydrogens is 166 g/mol. The second kappa shape index (κ2) is 4.72. The Morgan fingerprint density at radius 3 is 2.38 bits per heavy atom. The summed E-state index contributed by atoms with van der Waals surface area (Å²) in [5.41, 5.74) is 3.75. The average molecular weight is 185 g/mol. The molecule has 1 rings (SSSR count). The summed E-state index contributed by atoms with van der Waals surface area (Å²) in [4.78, 5) is 2.27. The van der Waals surface area contributed by atoms with Crippen molar-refractivity contribution in [2.24, 2.45) is 0 Å². The van der Waals surface area contributed by atoms with Crippen molar-refractivity contribution in [3.05, 3.63) is 12.2 Å². The third kappa shape index (κ3) is 3.44. The van der Waals surface area contributed by atoms with Crippen molar-refractivity contribution in [3.8, 4) is 0 Å². The number of hydrogen-bond acceptors (Lipinski definition) is 4. The zero-order valence-corrected chi connectivity index (χ0v) is 8.45. The fourth-order valence-electron chi connectivity index (χ4n) is 1.22. The molecule has 0 saturated carbocycles. The summed E-state index contributed by atoms with van der Waals surface area (Å²) in [5, 5.41) is 11.5. The summed E-state index contributed by atoms with van der Waals surface area (Å²) in [6.45, 7) is 9.46. The van der Waals surface area contributed by atoms with Crippen LogP contribution >= 0.6 is 0 Å². The first-order valence-corrected chi connectivity index (χ1v) is 4.62. The highest BCUT2D eigenvalue weighted by atomic mass is 16.3. The van der Waals surface area contributed by atoms with Gasteiger partial charge in [0.2, 0.25) is 0 Å². The maximum atomic E-state index is 9.48. The van der Waals surface area contributed by atoms with Gasteiger partial charge in [-0.2, -0.15) is 0 Å². The lowest BCUT2D eigenvalue weighted by molar-refractivity contribution is 0.0277. The Labute approximate surface area is 79.8 Å². The highest BCUT2D eigenvalue weighted by molar-refractivity contribution is 4.94. The van der Waals surface area contributed by atoms with Gasteiger partial charge in [0.05, 0.1) is 0 Å². The first-order valence-electron chi connectivity index (χ1n) is 4.62. The van der Waals surface area contributed by atoms with E-state index in [4.69, 9.17) is 0 Å².